The number of ether oxygens (including phenoxy) is 1. The molecule has 3 rings (SSSR count). The molecule has 1 aliphatic rings. The molecule has 1 amide bonds. The number of benzene rings is 1. The van der Waals surface area contributed by atoms with E-state index in [4.69, 9.17) is 4.74 Å². The third kappa shape index (κ3) is 2.77. The lowest BCUT2D eigenvalue weighted by Crippen LogP contribution is -2.25. The van der Waals surface area contributed by atoms with Gasteiger partial charge >= 0.3 is 0 Å². The monoisotopic (exact) mass is 319 g/mol. The number of hydrogen-bond donors (Lipinski definition) is 2. The van der Waals surface area contributed by atoms with Gasteiger partial charge in [-0.2, -0.15) is 0 Å². The maximum Gasteiger partial charge on any atom is 0.265 e. The van der Waals surface area contributed by atoms with Crippen LogP contribution in [0.4, 0.5) is 5.13 Å². The highest BCUT2D eigenvalue weighted by Gasteiger charge is 2.22. The van der Waals surface area contributed by atoms with Crippen molar-refractivity contribution in [1.82, 2.24) is 9.88 Å². The second-order valence-corrected chi connectivity index (χ2v) is 6.27. The van der Waals surface area contributed by atoms with Crippen molar-refractivity contribution in [2.45, 2.75) is 13.0 Å². The number of aromatic hydroxyl groups is 1. The third-order valence-electron chi connectivity index (χ3n) is 3.59. The van der Waals surface area contributed by atoms with E-state index in [-0.39, 0.29) is 11.3 Å². The van der Waals surface area contributed by atoms with Gasteiger partial charge in [0.1, 0.15) is 17.1 Å². The zero-order chi connectivity index (χ0) is 15.7. The first-order chi connectivity index (χ1) is 10.6. The summed E-state index contributed by atoms with van der Waals surface area (Å²) in [5.74, 6) is -0.203. The quantitative estimate of drug-likeness (QED) is 0.906. The number of phenols is 1. The fraction of sp³-hybridized carbons (Fsp3) is 0.333. The second-order valence-electron chi connectivity index (χ2n) is 5.19. The topological polar surface area (TPSA) is 74.7 Å². The molecule has 1 aromatic heterocycles. The van der Waals surface area contributed by atoms with Gasteiger partial charge in [-0.05, 0) is 19.2 Å². The van der Waals surface area contributed by atoms with E-state index in [1.54, 1.807) is 12.1 Å². The Morgan fingerprint density at radius 1 is 1.50 bits per heavy atom. The van der Waals surface area contributed by atoms with Crippen LogP contribution in [0.5, 0.6) is 11.5 Å². The minimum Gasteiger partial charge on any atom is -0.507 e. The molecule has 1 aliphatic heterocycles. The highest BCUT2D eigenvalue weighted by Crippen LogP contribution is 2.31. The largest absolute Gasteiger partial charge is 0.507 e. The summed E-state index contributed by atoms with van der Waals surface area (Å²) in [6, 6.07) is 4.72. The average Bonchev–Trinajstić information content (AvgIpc) is 2.87. The number of nitrogens with one attached hydrogen (secondary N) is 1. The molecular weight excluding hydrogens is 302 g/mol. The van der Waals surface area contributed by atoms with E-state index in [9.17, 15) is 9.90 Å². The normalized spacial score (nSPS) is 14.5. The van der Waals surface area contributed by atoms with Crippen LogP contribution >= 0.6 is 11.3 Å². The number of thiazole rings is 1. The maximum atomic E-state index is 12.4. The lowest BCUT2D eigenvalue weighted by molar-refractivity contribution is 0.102. The first kappa shape index (κ1) is 14.8. The molecule has 0 saturated carbocycles. The smallest absolute Gasteiger partial charge is 0.265 e. The summed E-state index contributed by atoms with van der Waals surface area (Å²) < 4.78 is 5.14. The summed E-state index contributed by atoms with van der Waals surface area (Å²) in [5, 5.41) is 13.2. The van der Waals surface area contributed by atoms with Crippen LogP contribution in [-0.4, -0.2) is 41.6 Å². The summed E-state index contributed by atoms with van der Waals surface area (Å²) in [5.41, 5.74) is 1.16. The van der Waals surface area contributed by atoms with Gasteiger partial charge < -0.3 is 14.7 Å². The molecular formula is C15H17N3O3S. The zero-order valence-corrected chi connectivity index (χ0v) is 13.2. The Labute approximate surface area is 132 Å². The van der Waals surface area contributed by atoms with Gasteiger partial charge in [-0.15, -0.1) is 11.3 Å². The van der Waals surface area contributed by atoms with Gasteiger partial charge in [0.05, 0.1) is 12.8 Å². The van der Waals surface area contributed by atoms with E-state index < -0.39 is 5.91 Å². The van der Waals surface area contributed by atoms with E-state index in [1.807, 2.05) is 0 Å². The lowest BCUT2D eigenvalue weighted by Gasteiger charge is -2.20. The van der Waals surface area contributed by atoms with E-state index in [0.717, 1.165) is 25.2 Å². The average molecular weight is 319 g/mol. The van der Waals surface area contributed by atoms with Crippen molar-refractivity contribution in [2.75, 3.05) is 26.0 Å². The van der Waals surface area contributed by atoms with Crippen LogP contribution in [0.25, 0.3) is 0 Å². The molecule has 116 valence electrons. The molecule has 2 aromatic rings. The van der Waals surface area contributed by atoms with Crippen molar-refractivity contribution in [3.05, 3.63) is 34.3 Å². The fourth-order valence-electron chi connectivity index (χ4n) is 2.45. The molecule has 7 heteroatoms. The molecule has 0 unspecified atom stereocenters. The van der Waals surface area contributed by atoms with Crippen LogP contribution in [-0.2, 0) is 13.0 Å². The molecule has 0 atom stereocenters. The summed E-state index contributed by atoms with van der Waals surface area (Å²) in [6.45, 7) is 1.82. The van der Waals surface area contributed by atoms with Gasteiger partial charge in [-0.3, -0.25) is 10.1 Å². The van der Waals surface area contributed by atoms with Crippen LogP contribution in [0.2, 0.25) is 0 Å². The first-order valence-electron chi connectivity index (χ1n) is 6.93. The number of anilines is 1. The zero-order valence-electron chi connectivity index (χ0n) is 12.4. The summed E-state index contributed by atoms with van der Waals surface area (Å²) >= 11 is 1.47. The Morgan fingerprint density at radius 2 is 2.32 bits per heavy atom. The van der Waals surface area contributed by atoms with Gasteiger partial charge in [-0.25, -0.2) is 4.98 Å². The number of aromatic nitrogens is 1. The summed E-state index contributed by atoms with van der Waals surface area (Å²) in [7, 11) is 3.53. The van der Waals surface area contributed by atoms with Crippen LogP contribution in [0.3, 0.4) is 0 Å². The number of rotatable bonds is 3. The Balaban J connectivity index is 1.84. The highest BCUT2D eigenvalue weighted by atomic mass is 32.1. The van der Waals surface area contributed by atoms with Gasteiger partial charge in [0.15, 0.2) is 5.13 Å². The van der Waals surface area contributed by atoms with Gasteiger partial charge in [-0.1, -0.05) is 6.07 Å². The molecule has 22 heavy (non-hydrogen) atoms. The molecule has 0 spiro atoms. The number of amides is 1. The van der Waals surface area contributed by atoms with Crippen molar-refractivity contribution < 1.29 is 14.6 Å². The number of carbonyl (C=O) groups is 1. The van der Waals surface area contributed by atoms with Crippen molar-refractivity contribution in [3.8, 4) is 11.5 Å². The minimum atomic E-state index is -0.422. The van der Waals surface area contributed by atoms with E-state index >= 15 is 0 Å². The Morgan fingerprint density at radius 3 is 3.09 bits per heavy atom. The molecule has 0 aliphatic carbocycles. The minimum absolute atomic E-state index is 0.113. The number of nitrogens with zero attached hydrogens (tertiary/aromatic N) is 2. The van der Waals surface area contributed by atoms with Crippen molar-refractivity contribution in [3.63, 3.8) is 0 Å². The SMILES string of the molecule is COc1cccc(O)c1C(=O)Nc1nc2c(s1)CN(C)CC2. The summed E-state index contributed by atoms with van der Waals surface area (Å²) in [4.78, 5) is 20.3. The number of carbonyl (C=O) groups excluding carboxylic acids is 1. The Bertz CT molecular complexity index is 714. The maximum absolute atomic E-state index is 12.4. The number of methoxy groups -OCH3 is 1. The predicted molar refractivity (Wildman–Crippen MR) is 84.8 cm³/mol. The Hall–Kier alpha value is -2.12. The molecule has 2 N–H and O–H groups in total. The van der Waals surface area contributed by atoms with Gasteiger partial charge in [0.25, 0.3) is 5.91 Å². The first-order valence-corrected chi connectivity index (χ1v) is 7.74. The molecule has 0 bridgehead atoms. The fourth-order valence-corrected chi connectivity index (χ4v) is 3.54. The van der Waals surface area contributed by atoms with Gasteiger partial charge in [0, 0.05) is 24.4 Å². The van der Waals surface area contributed by atoms with Crippen LogP contribution in [0, 0.1) is 0 Å². The van der Waals surface area contributed by atoms with Crippen molar-refractivity contribution in [1.29, 1.82) is 0 Å². The van der Waals surface area contributed by atoms with Crippen LogP contribution in [0.1, 0.15) is 20.9 Å². The third-order valence-corrected chi connectivity index (χ3v) is 4.59. The van der Waals surface area contributed by atoms with Crippen molar-refractivity contribution >= 4 is 22.4 Å². The van der Waals surface area contributed by atoms with E-state index in [2.05, 4.69) is 22.2 Å². The highest BCUT2D eigenvalue weighted by molar-refractivity contribution is 7.15. The predicted octanol–water partition coefficient (Wildman–Crippen LogP) is 2.10. The molecule has 2 heterocycles. The van der Waals surface area contributed by atoms with E-state index in [1.165, 1.54) is 29.4 Å². The summed E-state index contributed by atoms with van der Waals surface area (Å²) in [6.07, 6.45) is 0.887. The lowest BCUT2D eigenvalue weighted by atomic mass is 10.1. The van der Waals surface area contributed by atoms with Gasteiger partial charge in [0.2, 0.25) is 0 Å². The number of phenolic OH excluding ortho intramolecular Hbond substituents is 1. The number of likely N-dealkylation sites (N-methyl/N-ethyl adjacent to an activating group) is 1. The second kappa shape index (κ2) is 5.94. The van der Waals surface area contributed by atoms with Crippen LogP contribution in [0.15, 0.2) is 18.2 Å². The van der Waals surface area contributed by atoms with Crippen molar-refractivity contribution in [2.24, 2.45) is 0 Å². The Kier molecular flexibility index (Phi) is 4.00. The molecule has 0 fully saturated rings. The molecule has 6 nitrogen and oxygen atoms in total. The number of fused-ring (bicyclic) bond motifs is 1. The standard InChI is InChI=1S/C15H17N3O3S/c1-18-7-6-9-12(8-18)22-15(16-9)17-14(20)13-10(19)4-3-5-11(13)21-2/h3-5,19H,6-8H2,1-2H3,(H,16,17,20). The molecule has 0 saturated heterocycles. The molecule has 1 aromatic carbocycles. The van der Waals surface area contributed by atoms with E-state index in [0.29, 0.717) is 10.9 Å². The molecule has 0 radical (unpaired) electrons. The van der Waals surface area contributed by atoms with Crippen LogP contribution < -0.4 is 10.1 Å². The number of hydrogen-bond acceptors (Lipinski definition) is 6.